The van der Waals surface area contributed by atoms with Crippen molar-refractivity contribution in [2.45, 2.75) is 39.0 Å². The zero-order valence-electron chi connectivity index (χ0n) is 17.2. The van der Waals surface area contributed by atoms with Crippen LogP contribution in [0, 0.1) is 0 Å². The van der Waals surface area contributed by atoms with Gasteiger partial charge < -0.3 is 9.47 Å². The molecule has 0 atom stereocenters. The van der Waals surface area contributed by atoms with E-state index in [1.165, 1.54) is 0 Å². The van der Waals surface area contributed by atoms with Crippen molar-refractivity contribution in [1.29, 1.82) is 0 Å². The summed E-state index contributed by atoms with van der Waals surface area (Å²) in [5, 5.41) is 0. The molecule has 3 aromatic carbocycles. The summed E-state index contributed by atoms with van der Waals surface area (Å²) >= 11 is 0. The summed E-state index contributed by atoms with van der Waals surface area (Å²) in [6, 6.07) is 22.9. The van der Waals surface area contributed by atoms with Crippen molar-refractivity contribution >= 4 is 11.9 Å². The summed E-state index contributed by atoms with van der Waals surface area (Å²) < 4.78 is 11.2. The molecule has 3 aromatic rings. The average molecular weight is 402 g/mol. The van der Waals surface area contributed by atoms with E-state index in [4.69, 9.17) is 9.47 Å². The van der Waals surface area contributed by atoms with Gasteiger partial charge in [-0.05, 0) is 60.9 Å². The second-order valence-electron chi connectivity index (χ2n) is 7.09. The van der Waals surface area contributed by atoms with Gasteiger partial charge in [0, 0.05) is 0 Å². The maximum atomic E-state index is 12.5. The van der Waals surface area contributed by atoms with E-state index in [1.807, 2.05) is 12.1 Å². The molecule has 0 bridgehead atoms. The first-order valence-electron chi connectivity index (χ1n) is 10.3. The van der Waals surface area contributed by atoms with Gasteiger partial charge in [0.15, 0.2) is 0 Å². The maximum Gasteiger partial charge on any atom is 0.343 e. The molecule has 4 nitrogen and oxygen atoms in total. The smallest absolute Gasteiger partial charge is 0.343 e. The number of hydrogen-bond acceptors (Lipinski definition) is 4. The van der Waals surface area contributed by atoms with Gasteiger partial charge in [-0.1, -0.05) is 62.6 Å². The molecule has 30 heavy (non-hydrogen) atoms. The van der Waals surface area contributed by atoms with Crippen LogP contribution in [0.25, 0.3) is 0 Å². The van der Waals surface area contributed by atoms with Crippen LogP contribution < -0.4 is 9.47 Å². The van der Waals surface area contributed by atoms with Crippen molar-refractivity contribution in [3.05, 3.63) is 95.6 Å². The number of aryl methyl sites for hydroxylation is 1. The first-order valence-corrected chi connectivity index (χ1v) is 10.3. The fourth-order valence-electron chi connectivity index (χ4n) is 3.13. The van der Waals surface area contributed by atoms with Crippen LogP contribution >= 0.6 is 0 Å². The Hall–Kier alpha value is -3.40. The molecule has 0 aliphatic carbocycles. The van der Waals surface area contributed by atoms with Gasteiger partial charge in [-0.2, -0.15) is 0 Å². The van der Waals surface area contributed by atoms with Crippen LogP contribution in [0.2, 0.25) is 0 Å². The molecule has 0 aromatic heterocycles. The zero-order chi connectivity index (χ0) is 21.2. The number of hydrogen-bond donors (Lipinski definition) is 0. The summed E-state index contributed by atoms with van der Waals surface area (Å²) in [6.45, 7) is 2.16. The third kappa shape index (κ3) is 6.05. The predicted molar refractivity (Wildman–Crippen MR) is 117 cm³/mol. The number of esters is 2. The van der Waals surface area contributed by atoms with Gasteiger partial charge in [-0.15, -0.1) is 0 Å². The molecular weight excluding hydrogens is 376 g/mol. The van der Waals surface area contributed by atoms with Crippen LogP contribution in [-0.2, 0) is 6.42 Å². The Morgan fingerprint density at radius 2 is 1.30 bits per heavy atom. The van der Waals surface area contributed by atoms with Crippen LogP contribution in [0.15, 0.2) is 78.9 Å². The molecule has 0 N–H and O–H groups in total. The third-order valence-electron chi connectivity index (χ3n) is 4.76. The number of unbranched alkanes of at least 4 members (excludes halogenated alkanes) is 3. The van der Waals surface area contributed by atoms with E-state index < -0.39 is 11.9 Å². The summed E-state index contributed by atoms with van der Waals surface area (Å²) in [5.74, 6) is 0.120. The van der Waals surface area contributed by atoms with Gasteiger partial charge in [0.25, 0.3) is 0 Å². The van der Waals surface area contributed by atoms with Gasteiger partial charge in [0.2, 0.25) is 0 Å². The van der Waals surface area contributed by atoms with E-state index >= 15 is 0 Å². The van der Waals surface area contributed by atoms with E-state index in [1.54, 1.807) is 66.7 Å². The van der Waals surface area contributed by atoms with Crippen LogP contribution in [0.1, 0.15) is 58.9 Å². The van der Waals surface area contributed by atoms with E-state index in [-0.39, 0.29) is 0 Å². The van der Waals surface area contributed by atoms with Gasteiger partial charge >= 0.3 is 11.9 Å². The topological polar surface area (TPSA) is 52.6 Å². The molecule has 0 heterocycles. The van der Waals surface area contributed by atoms with E-state index in [0.717, 1.165) is 37.7 Å². The number of benzene rings is 3. The number of carbonyl (C=O) groups is 2. The largest absolute Gasteiger partial charge is 0.423 e. The van der Waals surface area contributed by atoms with Gasteiger partial charge in [-0.3, -0.25) is 0 Å². The summed E-state index contributed by atoms with van der Waals surface area (Å²) in [6.07, 6.45) is 5.11. The van der Waals surface area contributed by atoms with Crippen LogP contribution in [0.4, 0.5) is 0 Å². The van der Waals surface area contributed by atoms with E-state index in [0.29, 0.717) is 22.6 Å². The van der Waals surface area contributed by atoms with Crippen LogP contribution in [-0.4, -0.2) is 11.9 Å². The second kappa shape index (κ2) is 11.0. The highest BCUT2D eigenvalue weighted by Gasteiger charge is 2.14. The number of rotatable bonds is 9. The van der Waals surface area contributed by atoms with Crippen molar-refractivity contribution in [3.63, 3.8) is 0 Å². The van der Waals surface area contributed by atoms with E-state index in [2.05, 4.69) is 6.92 Å². The van der Waals surface area contributed by atoms with Crippen molar-refractivity contribution in [3.8, 4) is 11.5 Å². The molecule has 3 rings (SSSR count). The van der Waals surface area contributed by atoms with E-state index in [9.17, 15) is 9.59 Å². The van der Waals surface area contributed by atoms with Gasteiger partial charge in [0.05, 0.1) is 11.1 Å². The molecule has 0 fully saturated rings. The monoisotopic (exact) mass is 402 g/mol. The Kier molecular flexibility index (Phi) is 7.78. The molecule has 4 heteroatoms. The molecule has 154 valence electrons. The summed E-state index contributed by atoms with van der Waals surface area (Å²) in [4.78, 5) is 24.8. The lowest BCUT2D eigenvalue weighted by Gasteiger charge is -2.13. The lowest BCUT2D eigenvalue weighted by molar-refractivity contribution is 0.0718. The average Bonchev–Trinajstić information content (AvgIpc) is 2.79. The summed E-state index contributed by atoms with van der Waals surface area (Å²) in [5.41, 5.74) is 1.84. The molecule has 0 spiro atoms. The Morgan fingerprint density at radius 3 is 1.90 bits per heavy atom. The molecule has 0 saturated carbocycles. The maximum absolute atomic E-state index is 12.5. The highest BCUT2D eigenvalue weighted by atomic mass is 16.5. The van der Waals surface area contributed by atoms with Gasteiger partial charge in [-0.25, -0.2) is 9.59 Å². The van der Waals surface area contributed by atoms with Crippen LogP contribution in [0.5, 0.6) is 11.5 Å². The van der Waals surface area contributed by atoms with Crippen molar-refractivity contribution in [2.24, 2.45) is 0 Å². The van der Waals surface area contributed by atoms with Crippen molar-refractivity contribution in [2.75, 3.05) is 0 Å². The molecule has 0 radical (unpaired) electrons. The molecule has 0 unspecified atom stereocenters. The fraction of sp³-hybridized carbons (Fsp3) is 0.231. The minimum atomic E-state index is -0.415. The first-order chi connectivity index (χ1) is 14.7. The Bertz CT molecular complexity index is 965. The minimum Gasteiger partial charge on any atom is -0.423 e. The highest BCUT2D eigenvalue weighted by molar-refractivity contribution is 5.92. The number of carbonyl (C=O) groups excluding carboxylic acids is 2. The Labute approximate surface area is 177 Å². The van der Waals surface area contributed by atoms with Crippen LogP contribution in [0.3, 0.4) is 0 Å². The molecular formula is C26H26O4. The predicted octanol–water partition coefficient (Wildman–Crippen LogP) is 6.25. The zero-order valence-corrected chi connectivity index (χ0v) is 17.2. The minimum absolute atomic E-state index is 0.403. The summed E-state index contributed by atoms with van der Waals surface area (Å²) in [7, 11) is 0. The SMILES string of the molecule is CCCCCCc1cc(OC(=O)c2ccccc2)ccc1OC(=O)c1ccccc1. The highest BCUT2D eigenvalue weighted by Crippen LogP contribution is 2.27. The lowest BCUT2D eigenvalue weighted by Crippen LogP contribution is -2.11. The number of ether oxygens (including phenoxy) is 2. The lowest BCUT2D eigenvalue weighted by atomic mass is 10.0. The normalized spacial score (nSPS) is 10.4. The Balaban J connectivity index is 1.77. The Morgan fingerprint density at radius 1 is 0.700 bits per heavy atom. The standard InChI is InChI=1S/C26H26O4/c1-2-3-4-7-16-22-19-23(29-25(27)20-12-8-5-9-13-20)17-18-24(22)30-26(28)21-14-10-6-11-15-21/h5-6,8-15,17-19H,2-4,7,16H2,1H3. The first kappa shape index (κ1) is 21.3. The molecule has 0 saturated heterocycles. The molecule has 0 aliphatic rings. The fourth-order valence-corrected chi connectivity index (χ4v) is 3.13. The second-order valence-corrected chi connectivity index (χ2v) is 7.09. The van der Waals surface area contributed by atoms with Gasteiger partial charge in [0.1, 0.15) is 11.5 Å². The van der Waals surface area contributed by atoms with Crippen molar-refractivity contribution < 1.29 is 19.1 Å². The third-order valence-corrected chi connectivity index (χ3v) is 4.76. The quantitative estimate of drug-likeness (QED) is 0.241. The van der Waals surface area contributed by atoms with Crippen molar-refractivity contribution in [1.82, 2.24) is 0 Å². The molecule has 0 aliphatic heterocycles. The molecule has 0 amide bonds.